The monoisotopic (exact) mass is 365 g/mol. The number of aromatic amines is 1. The Kier molecular flexibility index (Phi) is 4.85. The maximum absolute atomic E-state index is 5.98. The highest BCUT2D eigenvalue weighted by Crippen LogP contribution is 2.46. The molecular weight excluding hydrogens is 342 g/mol. The molecule has 0 spiro atoms. The van der Waals surface area contributed by atoms with Crippen LogP contribution in [0.2, 0.25) is 0 Å². The van der Waals surface area contributed by atoms with E-state index in [-0.39, 0.29) is 6.10 Å². The Morgan fingerprint density at radius 3 is 2.42 bits per heavy atom. The van der Waals surface area contributed by atoms with Crippen molar-refractivity contribution in [2.24, 2.45) is 0 Å². The van der Waals surface area contributed by atoms with Gasteiger partial charge in [-0.15, -0.1) is 0 Å². The summed E-state index contributed by atoms with van der Waals surface area (Å²) in [5.74, 6) is 0.880. The number of rotatable bonds is 5. The van der Waals surface area contributed by atoms with Crippen LogP contribution in [0.4, 0.5) is 0 Å². The minimum Gasteiger partial charge on any atom is -0.369 e. The molecule has 4 nitrogen and oxygen atoms in total. The SMILES string of the molecule is CC(OCCN(C)C)c1nc2c([nH]1)-c1ccccc1Sc1ccccc1-2. The summed E-state index contributed by atoms with van der Waals surface area (Å²) >= 11 is 1.80. The molecule has 0 bridgehead atoms. The number of benzene rings is 2. The minimum absolute atomic E-state index is 0.0751. The molecule has 3 aromatic rings. The van der Waals surface area contributed by atoms with E-state index >= 15 is 0 Å². The third-order valence-corrected chi connectivity index (χ3v) is 5.68. The van der Waals surface area contributed by atoms with Crippen LogP contribution in [0, 0.1) is 0 Å². The number of nitrogens with zero attached hydrogens (tertiary/aromatic N) is 2. The summed E-state index contributed by atoms with van der Waals surface area (Å²) in [7, 11) is 4.10. The zero-order valence-electron chi connectivity index (χ0n) is 15.3. The van der Waals surface area contributed by atoms with Gasteiger partial charge in [0.1, 0.15) is 11.9 Å². The molecule has 1 unspecified atom stereocenters. The first-order valence-corrected chi connectivity index (χ1v) is 9.68. The fourth-order valence-corrected chi connectivity index (χ4v) is 4.18. The van der Waals surface area contributed by atoms with Crippen LogP contribution in [-0.2, 0) is 4.74 Å². The smallest absolute Gasteiger partial charge is 0.136 e. The predicted octanol–water partition coefficient (Wildman–Crippen LogP) is 4.85. The van der Waals surface area contributed by atoms with Crippen molar-refractivity contribution < 1.29 is 4.74 Å². The topological polar surface area (TPSA) is 41.1 Å². The molecule has 1 aliphatic heterocycles. The van der Waals surface area contributed by atoms with E-state index in [1.54, 1.807) is 11.8 Å². The number of nitrogens with one attached hydrogen (secondary N) is 1. The summed E-state index contributed by atoms with van der Waals surface area (Å²) in [5, 5.41) is 0. The zero-order chi connectivity index (χ0) is 18.1. The van der Waals surface area contributed by atoms with E-state index in [0.717, 1.165) is 23.8 Å². The Morgan fingerprint density at radius 2 is 1.69 bits per heavy atom. The summed E-state index contributed by atoms with van der Waals surface area (Å²) < 4.78 is 5.98. The zero-order valence-corrected chi connectivity index (χ0v) is 16.1. The fraction of sp³-hybridized carbons (Fsp3) is 0.286. The Labute approximate surface area is 158 Å². The Morgan fingerprint density at radius 1 is 1.04 bits per heavy atom. The molecule has 0 saturated carbocycles. The lowest BCUT2D eigenvalue weighted by atomic mass is 10.1. The van der Waals surface area contributed by atoms with Gasteiger partial charge in [0.2, 0.25) is 0 Å². The van der Waals surface area contributed by atoms with E-state index < -0.39 is 0 Å². The molecule has 0 radical (unpaired) electrons. The summed E-state index contributed by atoms with van der Waals surface area (Å²) in [6, 6.07) is 17.0. The molecular formula is C21H23N3OS. The van der Waals surface area contributed by atoms with Gasteiger partial charge in [-0.3, -0.25) is 0 Å². The molecule has 0 amide bonds. The number of hydrogen-bond acceptors (Lipinski definition) is 4. The molecule has 2 aromatic carbocycles. The number of hydrogen-bond donors (Lipinski definition) is 1. The van der Waals surface area contributed by atoms with Crippen LogP contribution >= 0.6 is 11.8 Å². The molecule has 0 aliphatic carbocycles. The number of H-pyrrole nitrogens is 1. The molecule has 26 heavy (non-hydrogen) atoms. The second-order valence-corrected chi connectivity index (χ2v) is 7.84. The second-order valence-electron chi connectivity index (χ2n) is 6.76. The number of imidazole rings is 1. The first-order valence-electron chi connectivity index (χ1n) is 8.86. The molecule has 1 aliphatic rings. The molecule has 0 saturated heterocycles. The molecule has 1 aromatic heterocycles. The van der Waals surface area contributed by atoms with Crippen LogP contribution in [0.25, 0.3) is 22.5 Å². The molecule has 4 rings (SSSR count). The highest BCUT2D eigenvalue weighted by molar-refractivity contribution is 7.99. The van der Waals surface area contributed by atoms with Crippen molar-refractivity contribution in [2.75, 3.05) is 27.2 Å². The minimum atomic E-state index is -0.0751. The lowest BCUT2D eigenvalue weighted by Gasteiger charge is -2.14. The first kappa shape index (κ1) is 17.3. The first-order chi connectivity index (χ1) is 12.6. The highest BCUT2D eigenvalue weighted by atomic mass is 32.2. The third kappa shape index (κ3) is 3.30. The summed E-state index contributed by atoms with van der Waals surface area (Å²) in [5.41, 5.74) is 4.46. The second kappa shape index (κ2) is 7.27. The van der Waals surface area contributed by atoms with Crippen LogP contribution < -0.4 is 0 Å². The molecule has 0 fully saturated rings. The standard InChI is InChI=1S/C21H23N3OS/c1-14(25-13-12-24(2)3)21-22-19-15-8-4-6-10-17(15)26-18-11-7-5-9-16(18)20(19)23-21/h4-11,14H,12-13H2,1-3H3,(H,22,23). The maximum Gasteiger partial charge on any atom is 0.136 e. The van der Waals surface area contributed by atoms with Crippen molar-refractivity contribution in [1.82, 2.24) is 14.9 Å². The number of aromatic nitrogens is 2. The van der Waals surface area contributed by atoms with E-state index in [1.165, 1.54) is 20.9 Å². The average Bonchev–Trinajstić information content (AvgIpc) is 3.02. The summed E-state index contributed by atoms with van der Waals surface area (Å²) in [6.07, 6.45) is -0.0751. The molecule has 1 atom stereocenters. The average molecular weight is 366 g/mol. The van der Waals surface area contributed by atoms with Crippen LogP contribution in [0.3, 0.4) is 0 Å². The number of likely N-dealkylation sites (N-methyl/N-ethyl adjacent to an activating group) is 1. The van der Waals surface area contributed by atoms with E-state index in [0.29, 0.717) is 6.61 Å². The van der Waals surface area contributed by atoms with Crippen molar-refractivity contribution >= 4 is 11.8 Å². The van der Waals surface area contributed by atoms with Crippen LogP contribution in [0.5, 0.6) is 0 Å². The Hall–Kier alpha value is -2.08. The van der Waals surface area contributed by atoms with Crippen LogP contribution in [-0.4, -0.2) is 42.1 Å². The van der Waals surface area contributed by atoms with Crippen LogP contribution in [0.1, 0.15) is 18.9 Å². The highest BCUT2D eigenvalue weighted by Gasteiger charge is 2.24. The van der Waals surface area contributed by atoms with Crippen molar-refractivity contribution in [2.45, 2.75) is 22.8 Å². The van der Waals surface area contributed by atoms with Gasteiger partial charge in [-0.2, -0.15) is 0 Å². The van der Waals surface area contributed by atoms with Crippen molar-refractivity contribution in [3.05, 3.63) is 54.4 Å². The van der Waals surface area contributed by atoms with Gasteiger partial charge in [-0.05, 0) is 33.2 Å². The summed E-state index contributed by atoms with van der Waals surface area (Å²) in [4.78, 5) is 13.1. The quantitative estimate of drug-likeness (QED) is 0.549. The third-order valence-electron chi connectivity index (χ3n) is 4.53. The van der Waals surface area contributed by atoms with Crippen molar-refractivity contribution in [1.29, 1.82) is 0 Å². The van der Waals surface area contributed by atoms with Gasteiger partial charge in [-0.1, -0.05) is 48.2 Å². The molecule has 5 heteroatoms. The molecule has 2 heterocycles. The predicted molar refractivity (Wildman–Crippen MR) is 107 cm³/mol. The molecule has 1 N–H and O–H groups in total. The van der Waals surface area contributed by atoms with E-state index in [4.69, 9.17) is 9.72 Å². The lowest BCUT2D eigenvalue weighted by molar-refractivity contribution is 0.0507. The normalized spacial score (nSPS) is 13.7. The number of ether oxygens (including phenoxy) is 1. The molecule has 134 valence electrons. The number of fused-ring (bicyclic) bond motifs is 5. The van der Waals surface area contributed by atoms with Gasteiger partial charge in [0, 0.05) is 27.5 Å². The lowest BCUT2D eigenvalue weighted by Crippen LogP contribution is -2.19. The van der Waals surface area contributed by atoms with Gasteiger partial charge in [0.25, 0.3) is 0 Å². The van der Waals surface area contributed by atoms with E-state index in [1.807, 2.05) is 0 Å². The van der Waals surface area contributed by atoms with Gasteiger partial charge < -0.3 is 14.6 Å². The van der Waals surface area contributed by atoms with Crippen molar-refractivity contribution in [3.63, 3.8) is 0 Å². The van der Waals surface area contributed by atoms with Gasteiger partial charge >= 0.3 is 0 Å². The van der Waals surface area contributed by atoms with Gasteiger partial charge in [-0.25, -0.2) is 4.98 Å². The van der Waals surface area contributed by atoms with Crippen LogP contribution in [0.15, 0.2) is 58.3 Å². The van der Waals surface area contributed by atoms with E-state index in [9.17, 15) is 0 Å². The van der Waals surface area contributed by atoms with Crippen molar-refractivity contribution in [3.8, 4) is 22.5 Å². The largest absolute Gasteiger partial charge is 0.369 e. The maximum atomic E-state index is 5.98. The van der Waals surface area contributed by atoms with Gasteiger partial charge in [0.15, 0.2) is 0 Å². The van der Waals surface area contributed by atoms with Gasteiger partial charge in [0.05, 0.1) is 18.0 Å². The fourth-order valence-electron chi connectivity index (χ4n) is 3.10. The Balaban J connectivity index is 1.75. The van der Waals surface area contributed by atoms with E-state index in [2.05, 4.69) is 79.4 Å². The summed E-state index contributed by atoms with van der Waals surface area (Å²) in [6.45, 7) is 3.63. The Bertz CT molecular complexity index is 856.